The molecule has 0 unspecified atom stereocenters. The van der Waals surface area contributed by atoms with Gasteiger partial charge < -0.3 is 21.7 Å². The molecule has 11 nitrogen and oxygen atoms in total. The molecule has 1 atom stereocenters. The van der Waals surface area contributed by atoms with Crippen molar-refractivity contribution in [2.75, 3.05) is 36.6 Å². The molecule has 13 heteroatoms. The van der Waals surface area contributed by atoms with Gasteiger partial charge in [0, 0.05) is 40.4 Å². The standard InChI is InChI=1S/C17H21IN8O3S/c1-20-17(28)13-10(7-12(25-26-13)23-16(27)8-4-5-8)22-15-11(30(3,29)21-2)6-9(18)14(19)24-15/h6-8H,4-5H2,1-3H3,(H,20,28)(H4,19,22,23,24,25,27)/t30-/m1/s1/i1D3,2D3. The van der Waals surface area contributed by atoms with Gasteiger partial charge in [0.25, 0.3) is 5.91 Å². The largest absolute Gasteiger partial charge is 0.383 e. The summed E-state index contributed by atoms with van der Waals surface area (Å²) in [6.45, 7) is -5.74. The van der Waals surface area contributed by atoms with Crippen LogP contribution in [0.15, 0.2) is 21.4 Å². The SMILES string of the molecule is [2H]C([2H])([2H])N=[S@](C)(=O)c1cc(I)c(N)nc1Nc1cc(NC(=O)C2CC2)nnc1C(=O)NC([2H])([2H])[2H]. The lowest BCUT2D eigenvalue weighted by atomic mass is 10.2. The lowest BCUT2D eigenvalue weighted by Gasteiger charge is -2.16. The third-order valence-corrected chi connectivity index (χ3v) is 6.47. The second-order valence-electron chi connectivity index (χ2n) is 6.43. The minimum atomic E-state index is -3.57. The molecule has 2 aromatic heterocycles. The number of nitrogens with zero attached hydrogens (tertiary/aromatic N) is 4. The van der Waals surface area contributed by atoms with E-state index in [0.717, 1.165) is 19.1 Å². The third kappa shape index (κ3) is 4.77. The van der Waals surface area contributed by atoms with Crippen molar-refractivity contribution < 1.29 is 22.0 Å². The van der Waals surface area contributed by atoms with Gasteiger partial charge in [-0.15, -0.1) is 10.2 Å². The minimum absolute atomic E-state index is 0.0105. The number of rotatable bonds is 6. The zero-order valence-electron chi connectivity index (χ0n) is 21.5. The number of amides is 2. The second kappa shape index (κ2) is 8.67. The minimum Gasteiger partial charge on any atom is -0.383 e. The first-order valence-corrected chi connectivity index (χ1v) is 11.4. The molecule has 0 aliphatic heterocycles. The Balaban J connectivity index is 2.13. The van der Waals surface area contributed by atoms with Crippen molar-refractivity contribution in [3.8, 4) is 0 Å². The van der Waals surface area contributed by atoms with Crippen LogP contribution in [0.1, 0.15) is 31.6 Å². The van der Waals surface area contributed by atoms with E-state index in [4.69, 9.17) is 14.0 Å². The predicted molar refractivity (Wildman–Crippen MR) is 122 cm³/mol. The van der Waals surface area contributed by atoms with Gasteiger partial charge in [0.1, 0.15) is 11.6 Å². The Labute approximate surface area is 195 Å². The fourth-order valence-electron chi connectivity index (χ4n) is 2.39. The number of nitrogens with one attached hydrogen (secondary N) is 3. The molecule has 2 heterocycles. The molecule has 1 aliphatic carbocycles. The van der Waals surface area contributed by atoms with Crippen LogP contribution >= 0.6 is 22.6 Å². The summed E-state index contributed by atoms with van der Waals surface area (Å²) < 4.78 is 61.1. The van der Waals surface area contributed by atoms with Gasteiger partial charge in [-0.1, -0.05) is 0 Å². The maximum absolute atomic E-state index is 13.3. The molecule has 5 N–H and O–H groups in total. The van der Waals surface area contributed by atoms with Crippen LogP contribution in [0.25, 0.3) is 0 Å². The highest BCUT2D eigenvalue weighted by Gasteiger charge is 2.30. The molecular formula is C17H21IN8O3S. The molecule has 1 saturated carbocycles. The normalized spacial score (nSPS) is 18.9. The molecule has 0 bridgehead atoms. The Kier molecular flexibility index (Phi) is 4.42. The molecule has 1 fully saturated rings. The molecular weight excluding hydrogens is 523 g/mol. The van der Waals surface area contributed by atoms with Crippen molar-refractivity contribution in [1.29, 1.82) is 0 Å². The van der Waals surface area contributed by atoms with Crippen molar-refractivity contribution in [3.63, 3.8) is 0 Å². The number of aromatic nitrogens is 3. The van der Waals surface area contributed by atoms with Gasteiger partial charge in [0.05, 0.1) is 23.9 Å². The van der Waals surface area contributed by atoms with E-state index in [9.17, 15) is 13.8 Å². The zero-order chi connectivity index (χ0) is 27.1. The van der Waals surface area contributed by atoms with Crippen LogP contribution in [0.2, 0.25) is 0 Å². The van der Waals surface area contributed by atoms with E-state index in [1.807, 2.05) is 22.6 Å². The summed E-state index contributed by atoms with van der Waals surface area (Å²) in [4.78, 5) is 28.8. The number of pyridine rings is 1. The van der Waals surface area contributed by atoms with Gasteiger partial charge >= 0.3 is 0 Å². The Morgan fingerprint density at radius 2 is 2.13 bits per heavy atom. The zero-order valence-corrected chi connectivity index (χ0v) is 18.5. The molecule has 0 radical (unpaired) electrons. The number of nitrogen functional groups attached to an aromatic ring is 1. The number of hydrogen-bond acceptors (Lipinski definition) is 9. The van der Waals surface area contributed by atoms with E-state index in [1.165, 1.54) is 12.1 Å². The smallest absolute Gasteiger partial charge is 0.273 e. The Morgan fingerprint density at radius 1 is 1.37 bits per heavy atom. The predicted octanol–water partition coefficient (Wildman–Crippen LogP) is 1.60. The van der Waals surface area contributed by atoms with Crippen LogP contribution in [-0.2, 0) is 14.5 Å². The van der Waals surface area contributed by atoms with Crippen molar-refractivity contribution in [1.82, 2.24) is 20.5 Å². The summed E-state index contributed by atoms with van der Waals surface area (Å²) in [5, 5.41) is 14.6. The molecule has 3 rings (SSSR count). The van der Waals surface area contributed by atoms with Crippen LogP contribution < -0.4 is 21.7 Å². The van der Waals surface area contributed by atoms with Gasteiger partial charge in [-0.05, 0) is 41.5 Å². The van der Waals surface area contributed by atoms with Crippen LogP contribution in [0, 0.1) is 9.49 Å². The number of halogens is 1. The summed E-state index contributed by atoms with van der Waals surface area (Å²) in [6.07, 6.45) is 2.54. The summed E-state index contributed by atoms with van der Waals surface area (Å²) in [6, 6.07) is 2.54. The van der Waals surface area contributed by atoms with E-state index >= 15 is 0 Å². The maximum Gasteiger partial charge on any atom is 0.273 e. The van der Waals surface area contributed by atoms with Gasteiger partial charge in [-0.2, -0.15) is 0 Å². The van der Waals surface area contributed by atoms with Crippen LogP contribution in [0.5, 0.6) is 0 Å². The number of nitrogens with two attached hydrogens (primary N) is 1. The molecule has 0 spiro atoms. The second-order valence-corrected chi connectivity index (χ2v) is 9.82. The van der Waals surface area contributed by atoms with Crippen LogP contribution in [-0.4, -0.2) is 51.4 Å². The first-order chi connectivity index (χ1) is 16.4. The maximum atomic E-state index is 13.3. The summed E-state index contributed by atoms with van der Waals surface area (Å²) in [7, 11) is -3.57. The number of carbonyl (C=O) groups is 2. The van der Waals surface area contributed by atoms with Gasteiger partial charge in [-0.25, -0.2) is 13.6 Å². The van der Waals surface area contributed by atoms with E-state index in [0.29, 0.717) is 3.57 Å². The van der Waals surface area contributed by atoms with Crippen molar-refractivity contribution in [2.45, 2.75) is 17.7 Å². The van der Waals surface area contributed by atoms with Crippen molar-refractivity contribution in [2.24, 2.45) is 10.3 Å². The third-order valence-electron chi connectivity index (χ3n) is 4.13. The topological polar surface area (TPSA) is 164 Å². The van der Waals surface area contributed by atoms with Crippen molar-refractivity contribution in [3.05, 3.63) is 21.4 Å². The van der Waals surface area contributed by atoms with E-state index < -0.39 is 35.3 Å². The molecule has 1 aliphatic rings. The Hall–Kier alpha value is -2.55. The highest BCUT2D eigenvalue weighted by Crippen LogP contribution is 2.32. The van der Waals surface area contributed by atoms with E-state index in [1.54, 1.807) is 5.32 Å². The molecule has 0 saturated heterocycles. The average molecular weight is 550 g/mol. The number of carbonyl (C=O) groups excluding carboxylic acids is 2. The Morgan fingerprint density at radius 3 is 2.80 bits per heavy atom. The van der Waals surface area contributed by atoms with Gasteiger partial charge in [0.15, 0.2) is 11.5 Å². The van der Waals surface area contributed by atoms with Crippen LogP contribution in [0.4, 0.5) is 23.1 Å². The van der Waals surface area contributed by atoms with Gasteiger partial charge in [-0.3, -0.25) is 9.59 Å². The number of hydrogen-bond donors (Lipinski definition) is 4. The number of anilines is 4. The lowest BCUT2D eigenvalue weighted by molar-refractivity contribution is -0.117. The molecule has 0 aromatic carbocycles. The van der Waals surface area contributed by atoms with E-state index in [-0.39, 0.29) is 39.9 Å². The lowest BCUT2D eigenvalue weighted by Crippen LogP contribution is -2.23. The van der Waals surface area contributed by atoms with Crippen molar-refractivity contribution >= 4 is 67.3 Å². The Bertz CT molecular complexity index is 1340. The summed E-state index contributed by atoms with van der Waals surface area (Å²) >= 11 is 1.82. The average Bonchev–Trinajstić information content (AvgIpc) is 3.53. The van der Waals surface area contributed by atoms with Crippen LogP contribution in [0.3, 0.4) is 0 Å². The monoisotopic (exact) mass is 550 g/mol. The fourth-order valence-corrected chi connectivity index (χ4v) is 3.92. The van der Waals surface area contributed by atoms with E-state index in [2.05, 4.69) is 30.2 Å². The summed E-state index contributed by atoms with van der Waals surface area (Å²) in [5.41, 5.74) is 5.24. The first kappa shape index (κ1) is 15.3. The molecule has 2 amide bonds. The quantitative estimate of drug-likeness (QED) is 0.394. The summed E-state index contributed by atoms with van der Waals surface area (Å²) in [5.74, 6) is -1.89. The molecule has 2 aromatic rings. The molecule has 160 valence electrons. The van der Waals surface area contributed by atoms with Gasteiger partial charge in [0.2, 0.25) is 5.91 Å². The molecule has 30 heavy (non-hydrogen) atoms. The highest BCUT2D eigenvalue weighted by atomic mass is 127. The fraction of sp³-hybridized carbons (Fsp3) is 0.353. The highest BCUT2D eigenvalue weighted by molar-refractivity contribution is 14.1. The first-order valence-electron chi connectivity index (χ1n) is 11.4.